The summed E-state index contributed by atoms with van der Waals surface area (Å²) in [5.41, 5.74) is 1.58. The van der Waals surface area contributed by atoms with Crippen LogP contribution in [-0.4, -0.2) is 17.0 Å². The van der Waals surface area contributed by atoms with Gasteiger partial charge in [0, 0.05) is 18.5 Å². The maximum atomic E-state index is 11.5. The molecule has 17 heavy (non-hydrogen) atoms. The lowest BCUT2D eigenvalue weighted by atomic mass is 10.1. The van der Waals surface area contributed by atoms with Gasteiger partial charge >= 0.3 is 5.97 Å². The van der Waals surface area contributed by atoms with Crippen LogP contribution in [0.2, 0.25) is 0 Å². The number of aliphatic carboxylic acids is 1. The third kappa shape index (κ3) is 4.68. The topological polar surface area (TPSA) is 66.4 Å². The van der Waals surface area contributed by atoms with E-state index in [0.29, 0.717) is 18.5 Å². The van der Waals surface area contributed by atoms with Crippen LogP contribution in [0.25, 0.3) is 0 Å². The predicted molar refractivity (Wildman–Crippen MR) is 65.9 cm³/mol. The van der Waals surface area contributed by atoms with E-state index >= 15 is 0 Å². The first-order valence-corrected chi connectivity index (χ1v) is 5.73. The second-order valence-electron chi connectivity index (χ2n) is 3.85. The SMILES string of the molecule is CCCC(=O)Nc1ccccc1CCC(=O)O. The molecule has 0 heterocycles. The molecule has 92 valence electrons. The van der Waals surface area contributed by atoms with Crippen LogP contribution in [0.15, 0.2) is 24.3 Å². The second-order valence-corrected chi connectivity index (χ2v) is 3.85. The first kappa shape index (κ1) is 13.2. The monoisotopic (exact) mass is 235 g/mol. The van der Waals surface area contributed by atoms with Crippen molar-refractivity contribution < 1.29 is 14.7 Å². The molecule has 0 aliphatic heterocycles. The Hall–Kier alpha value is -1.84. The van der Waals surface area contributed by atoms with E-state index in [1.807, 2.05) is 25.1 Å². The zero-order valence-electron chi connectivity index (χ0n) is 9.90. The zero-order valence-corrected chi connectivity index (χ0v) is 9.90. The van der Waals surface area contributed by atoms with Gasteiger partial charge in [-0.25, -0.2) is 0 Å². The molecule has 1 aromatic carbocycles. The van der Waals surface area contributed by atoms with Crippen molar-refractivity contribution in [2.45, 2.75) is 32.6 Å². The van der Waals surface area contributed by atoms with Gasteiger partial charge < -0.3 is 10.4 Å². The molecule has 0 unspecified atom stereocenters. The quantitative estimate of drug-likeness (QED) is 0.795. The number of aryl methyl sites for hydroxylation is 1. The first-order valence-electron chi connectivity index (χ1n) is 5.73. The highest BCUT2D eigenvalue weighted by molar-refractivity contribution is 5.91. The summed E-state index contributed by atoms with van der Waals surface area (Å²) in [6, 6.07) is 7.30. The summed E-state index contributed by atoms with van der Waals surface area (Å²) in [7, 11) is 0. The van der Waals surface area contributed by atoms with E-state index in [0.717, 1.165) is 12.0 Å². The normalized spacial score (nSPS) is 9.94. The van der Waals surface area contributed by atoms with Gasteiger partial charge in [0.05, 0.1) is 0 Å². The van der Waals surface area contributed by atoms with Gasteiger partial charge in [-0.05, 0) is 24.5 Å². The van der Waals surface area contributed by atoms with Crippen LogP contribution in [0.5, 0.6) is 0 Å². The fraction of sp³-hybridized carbons (Fsp3) is 0.385. The summed E-state index contributed by atoms with van der Waals surface area (Å²) >= 11 is 0. The first-order chi connectivity index (χ1) is 8.13. The average Bonchev–Trinajstić information content (AvgIpc) is 2.28. The van der Waals surface area contributed by atoms with Gasteiger partial charge in [0.1, 0.15) is 0 Å². The minimum Gasteiger partial charge on any atom is -0.481 e. The van der Waals surface area contributed by atoms with Crippen LogP contribution in [0.4, 0.5) is 5.69 Å². The Bertz CT molecular complexity index is 401. The molecule has 0 atom stereocenters. The standard InChI is InChI=1S/C13H17NO3/c1-2-5-12(15)14-11-7-4-3-6-10(11)8-9-13(16)17/h3-4,6-7H,2,5,8-9H2,1H3,(H,14,15)(H,16,17). The van der Waals surface area contributed by atoms with E-state index in [1.165, 1.54) is 0 Å². The van der Waals surface area contributed by atoms with E-state index in [4.69, 9.17) is 5.11 Å². The third-order valence-electron chi connectivity index (χ3n) is 2.38. The largest absolute Gasteiger partial charge is 0.481 e. The van der Waals surface area contributed by atoms with Gasteiger partial charge in [-0.2, -0.15) is 0 Å². The lowest BCUT2D eigenvalue weighted by Gasteiger charge is -2.09. The van der Waals surface area contributed by atoms with Crippen molar-refractivity contribution in [2.24, 2.45) is 0 Å². The zero-order chi connectivity index (χ0) is 12.7. The number of hydrogen-bond acceptors (Lipinski definition) is 2. The summed E-state index contributed by atoms with van der Waals surface area (Å²) < 4.78 is 0. The molecule has 0 aliphatic rings. The number of para-hydroxylation sites is 1. The van der Waals surface area contributed by atoms with Crippen LogP contribution in [-0.2, 0) is 16.0 Å². The Balaban J connectivity index is 2.70. The van der Waals surface area contributed by atoms with E-state index in [-0.39, 0.29) is 12.3 Å². The molecule has 4 nitrogen and oxygen atoms in total. The van der Waals surface area contributed by atoms with Gasteiger partial charge in [0.25, 0.3) is 0 Å². The van der Waals surface area contributed by atoms with Crippen molar-refractivity contribution in [2.75, 3.05) is 5.32 Å². The molecule has 0 radical (unpaired) electrons. The van der Waals surface area contributed by atoms with Crippen molar-refractivity contribution >= 4 is 17.6 Å². The van der Waals surface area contributed by atoms with Crippen LogP contribution in [0.1, 0.15) is 31.7 Å². The number of anilines is 1. The fourth-order valence-corrected chi connectivity index (χ4v) is 1.54. The number of carboxylic acids is 1. The molecule has 2 N–H and O–H groups in total. The van der Waals surface area contributed by atoms with Crippen molar-refractivity contribution in [1.82, 2.24) is 0 Å². The fourth-order valence-electron chi connectivity index (χ4n) is 1.54. The lowest BCUT2D eigenvalue weighted by molar-refractivity contribution is -0.136. The van der Waals surface area contributed by atoms with E-state index in [2.05, 4.69) is 5.32 Å². The predicted octanol–water partition coefficient (Wildman–Crippen LogP) is 2.44. The Kier molecular flexibility index (Phi) is 5.20. The number of carbonyl (C=O) groups excluding carboxylic acids is 1. The van der Waals surface area contributed by atoms with E-state index < -0.39 is 5.97 Å². The van der Waals surface area contributed by atoms with Crippen molar-refractivity contribution in [3.63, 3.8) is 0 Å². The number of carboxylic acid groups (broad SMARTS) is 1. The molecular weight excluding hydrogens is 218 g/mol. The van der Waals surface area contributed by atoms with Gasteiger partial charge in [-0.15, -0.1) is 0 Å². The molecule has 0 bridgehead atoms. The molecule has 0 aliphatic carbocycles. The number of amides is 1. The molecule has 4 heteroatoms. The molecule has 0 aromatic heterocycles. The van der Waals surface area contributed by atoms with E-state index in [1.54, 1.807) is 6.07 Å². The molecule has 0 fully saturated rings. The highest BCUT2D eigenvalue weighted by atomic mass is 16.4. The van der Waals surface area contributed by atoms with Crippen molar-refractivity contribution in [3.05, 3.63) is 29.8 Å². The highest BCUT2D eigenvalue weighted by Gasteiger charge is 2.07. The maximum Gasteiger partial charge on any atom is 0.303 e. The Morgan fingerprint density at radius 1 is 1.24 bits per heavy atom. The van der Waals surface area contributed by atoms with E-state index in [9.17, 15) is 9.59 Å². The van der Waals surface area contributed by atoms with Gasteiger partial charge in [-0.3, -0.25) is 9.59 Å². The highest BCUT2D eigenvalue weighted by Crippen LogP contribution is 2.17. The maximum absolute atomic E-state index is 11.5. The van der Waals surface area contributed by atoms with Gasteiger partial charge in [0.2, 0.25) is 5.91 Å². The summed E-state index contributed by atoms with van der Waals surface area (Å²) in [4.78, 5) is 22.0. The molecule has 0 spiro atoms. The Morgan fingerprint density at radius 3 is 2.59 bits per heavy atom. The van der Waals surface area contributed by atoms with Crippen LogP contribution < -0.4 is 5.32 Å². The number of hydrogen-bond donors (Lipinski definition) is 2. The molecule has 1 aromatic rings. The van der Waals surface area contributed by atoms with Gasteiger partial charge in [-0.1, -0.05) is 25.1 Å². The lowest BCUT2D eigenvalue weighted by Crippen LogP contribution is -2.12. The summed E-state index contributed by atoms with van der Waals surface area (Å²) in [6.07, 6.45) is 1.77. The molecule has 0 saturated heterocycles. The second kappa shape index (κ2) is 6.68. The number of nitrogens with one attached hydrogen (secondary N) is 1. The number of rotatable bonds is 6. The van der Waals surface area contributed by atoms with Crippen molar-refractivity contribution in [3.8, 4) is 0 Å². The number of benzene rings is 1. The summed E-state index contributed by atoms with van der Waals surface area (Å²) in [5.74, 6) is -0.866. The molecular formula is C13H17NO3. The molecule has 1 rings (SSSR count). The minimum atomic E-state index is -0.834. The summed E-state index contributed by atoms with van der Waals surface area (Å²) in [6.45, 7) is 1.94. The minimum absolute atomic E-state index is 0.0322. The smallest absolute Gasteiger partial charge is 0.303 e. The molecule has 1 amide bonds. The third-order valence-corrected chi connectivity index (χ3v) is 2.38. The van der Waals surface area contributed by atoms with Gasteiger partial charge in [0.15, 0.2) is 0 Å². The molecule has 0 saturated carbocycles. The Labute approximate surface area is 101 Å². The van der Waals surface area contributed by atoms with Crippen LogP contribution in [0.3, 0.4) is 0 Å². The average molecular weight is 235 g/mol. The summed E-state index contributed by atoms with van der Waals surface area (Å²) in [5, 5.41) is 11.4. The number of carbonyl (C=O) groups is 2. The van der Waals surface area contributed by atoms with Crippen molar-refractivity contribution in [1.29, 1.82) is 0 Å². The van der Waals surface area contributed by atoms with Crippen LogP contribution in [0, 0.1) is 0 Å². The van der Waals surface area contributed by atoms with Crippen LogP contribution >= 0.6 is 0 Å². The Morgan fingerprint density at radius 2 is 1.94 bits per heavy atom.